The molecule has 0 unspecified atom stereocenters. The number of hydrogen-bond donors (Lipinski definition) is 1. The summed E-state index contributed by atoms with van der Waals surface area (Å²) in [5.41, 5.74) is 0.617. The predicted octanol–water partition coefficient (Wildman–Crippen LogP) is 2.93. The number of hydrogen-bond acceptors (Lipinski definition) is 4. The summed E-state index contributed by atoms with van der Waals surface area (Å²) in [6.45, 7) is 5.87. The molecule has 0 spiro atoms. The molecule has 0 radical (unpaired) electrons. The van der Waals surface area contributed by atoms with Crippen LogP contribution in [0.15, 0.2) is 5.38 Å². The van der Waals surface area contributed by atoms with Gasteiger partial charge in [-0.2, -0.15) is 0 Å². The molecule has 1 aromatic rings. The van der Waals surface area contributed by atoms with Crippen LogP contribution in [0.1, 0.15) is 48.1 Å². The number of carbonyl (C=O) groups excluding carboxylic acids is 1. The minimum absolute atomic E-state index is 0. The number of piperidine rings is 1. The number of aromatic nitrogens is 1. The molecule has 1 aliphatic heterocycles. The van der Waals surface area contributed by atoms with Gasteiger partial charge in [0.2, 0.25) is 0 Å². The second kappa shape index (κ2) is 8.82. The van der Waals surface area contributed by atoms with Crippen LogP contribution >= 0.6 is 36.2 Å². The van der Waals surface area contributed by atoms with Gasteiger partial charge in [-0.1, -0.05) is 13.8 Å². The van der Waals surface area contributed by atoms with E-state index in [1.165, 1.54) is 0 Å². The van der Waals surface area contributed by atoms with Crippen LogP contribution < -0.4 is 5.32 Å². The van der Waals surface area contributed by atoms with E-state index in [-0.39, 0.29) is 30.7 Å². The van der Waals surface area contributed by atoms with Crippen molar-refractivity contribution in [1.82, 2.24) is 15.2 Å². The number of nitrogens with zero attached hydrogens (tertiary/aromatic N) is 2. The number of nitrogens with one attached hydrogen (secondary N) is 1. The van der Waals surface area contributed by atoms with Gasteiger partial charge in [-0.25, -0.2) is 4.98 Å². The van der Waals surface area contributed by atoms with E-state index in [4.69, 9.17) is 0 Å². The number of rotatable bonds is 3. The quantitative estimate of drug-likeness (QED) is 0.920. The molecule has 0 saturated carbocycles. The van der Waals surface area contributed by atoms with Crippen molar-refractivity contribution in [2.75, 3.05) is 20.1 Å². The third-order valence-electron chi connectivity index (χ3n) is 3.43. The zero-order valence-corrected chi connectivity index (χ0v) is 14.5. The molecule has 2 heterocycles. The molecule has 1 aliphatic rings. The number of carbonyl (C=O) groups is 1. The first-order chi connectivity index (χ1) is 8.61. The van der Waals surface area contributed by atoms with E-state index in [9.17, 15) is 4.79 Å². The lowest BCUT2D eigenvalue weighted by molar-refractivity contribution is 0.0702. The summed E-state index contributed by atoms with van der Waals surface area (Å²) >= 11 is 1.58. The summed E-state index contributed by atoms with van der Waals surface area (Å²) in [6.07, 6.45) is 2.06. The summed E-state index contributed by atoms with van der Waals surface area (Å²) in [5, 5.41) is 6.21. The maximum atomic E-state index is 12.3. The summed E-state index contributed by atoms with van der Waals surface area (Å²) in [7, 11) is 1.98. The van der Waals surface area contributed by atoms with Crippen molar-refractivity contribution in [2.45, 2.75) is 38.6 Å². The highest BCUT2D eigenvalue weighted by Gasteiger charge is 2.24. The molecule has 1 amide bonds. The van der Waals surface area contributed by atoms with Crippen molar-refractivity contribution in [3.63, 3.8) is 0 Å². The summed E-state index contributed by atoms with van der Waals surface area (Å²) in [4.78, 5) is 18.6. The van der Waals surface area contributed by atoms with E-state index in [0.717, 1.165) is 30.9 Å². The fourth-order valence-corrected chi connectivity index (χ4v) is 2.99. The zero-order valence-electron chi connectivity index (χ0n) is 12.1. The molecule has 1 N–H and O–H groups in total. The standard InChI is InChI=1S/C13H21N3OS.2ClH/c1-9(2)12-15-11(8-18-12)13(17)16-6-4-10(14-3)5-7-16;;/h8-10,14H,4-7H2,1-3H3;2*1H. The van der Waals surface area contributed by atoms with Crippen molar-refractivity contribution in [2.24, 2.45) is 0 Å². The zero-order chi connectivity index (χ0) is 13.1. The summed E-state index contributed by atoms with van der Waals surface area (Å²) < 4.78 is 0. The molecule has 0 aliphatic carbocycles. The molecule has 116 valence electrons. The van der Waals surface area contributed by atoms with E-state index in [0.29, 0.717) is 17.7 Å². The number of likely N-dealkylation sites (tertiary alicyclic amines) is 1. The summed E-state index contributed by atoms with van der Waals surface area (Å²) in [6, 6.07) is 0.552. The monoisotopic (exact) mass is 339 g/mol. The highest BCUT2D eigenvalue weighted by molar-refractivity contribution is 7.09. The SMILES string of the molecule is CNC1CCN(C(=O)c2csc(C(C)C)n2)CC1.Cl.Cl. The molecular weight excluding hydrogens is 317 g/mol. The van der Waals surface area contributed by atoms with Crippen LogP contribution in [0.25, 0.3) is 0 Å². The Morgan fingerprint density at radius 3 is 2.45 bits per heavy atom. The van der Waals surface area contributed by atoms with Crippen molar-refractivity contribution in [3.8, 4) is 0 Å². The Bertz CT molecular complexity index is 418. The van der Waals surface area contributed by atoms with Crippen LogP contribution in [0, 0.1) is 0 Å². The molecule has 4 nitrogen and oxygen atoms in total. The predicted molar refractivity (Wildman–Crippen MR) is 88.7 cm³/mol. The Hall–Kier alpha value is -0.360. The second-order valence-electron chi connectivity index (χ2n) is 5.08. The molecule has 1 fully saturated rings. The smallest absolute Gasteiger partial charge is 0.273 e. The van der Waals surface area contributed by atoms with Gasteiger partial charge in [-0.15, -0.1) is 36.2 Å². The lowest BCUT2D eigenvalue weighted by Crippen LogP contribution is -2.44. The second-order valence-corrected chi connectivity index (χ2v) is 5.97. The van der Waals surface area contributed by atoms with Crippen LogP contribution in [-0.2, 0) is 0 Å². The average molecular weight is 340 g/mol. The fraction of sp³-hybridized carbons (Fsp3) is 0.692. The molecule has 1 saturated heterocycles. The lowest BCUT2D eigenvalue weighted by atomic mass is 10.1. The minimum atomic E-state index is 0. The van der Waals surface area contributed by atoms with Crippen LogP contribution in [0.2, 0.25) is 0 Å². The van der Waals surface area contributed by atoms with E-state index >= 15 is 0 Å². The van der Waals surface area contributed by atoms with Gasteiger partial charge in [-0.3, -0.25) is 4.79 Å². The fourth-order valence-electron chi connectivity index (χ4n) is 2.18. The first-order valence-corrected chi connectivity index (χ1v) is 7.41. The van der Waals surface area contributed by atoms with E-state index < -0.39 is 0 Å². The molecule has 2 rings (SSSR count). The topological polar surface area (TPSA) is 45.2 Å². The maximum absolute atomic E-state index is 12.3. The van der Waals surface area contributed by atoms with E-state index in [2.05, 4.69) is 24.1 Å². The normalized spacial score (nSPS) is 15.7. The van der Waals surface area contributed by atoms with Gasteiger partial charge in [-0.05, 0) is 19.9 Å². The van der Waals surface area contributed by atoms with Gasteiger partial charge < -0.3 is 10.2 Å². The van der Waals surface area contributed by atoms with Gasteiger partial charge in [0.25, 0.3) is 5.91 Å². The highest BCUT2D eigenvalue weighted by atomic mass is 35.5. The van der Waals surface area contributed by atoms with Crippen LogP contribution in [-0.4, -0.2) is 42.0 Å². The van der Waals surface area contributed by atoms with Crippen molar-refractivity contribution in [1.29, 1.82) is 0 Å². The Morgan fingerprint density at radius 1 is 1.40 bits per heavy atom. The minimum Gasteiger partial charge on any atom is -0.337 e. The van der Waals surface area contributed by atoms with Gasteiger partial charge in [0.15, 0.2) is 0 Å². The van der Waals surface area contributed by atoms with E-state index in [1.54, 1.807) is 11.3 Å². The molecular formula is C13H23Cl2N3OS. The third kappa shape index (κ3) is 4.58. The molecule has 7 heteroatoms. The third-order valence-corrected chi connectivity index (χ3v) is 4.57. The van der Waals surface area contributed by atoms with E-state index in [1.807, 2.05) is 17.3 Å². The average Bonchev–Trinajstić information content (AvgIpc) is 2.88. The summed E-state index contributed by atoms with van der Waals surface area (Å²) in [5.74, 6) is 0.485. The van der Waals surface area contributed by atoms with Gasteiger partial charge in [0.05, 0.1) is 5.01 Å². The van der Waals surface area contributed by atoms with Crippen LogP contribution in [0.3, 0.4) is 0 Å². The largest absolute Gasteiger partial charge is 0.337 e. The van der Waals surface area contributed by atoms with Crippen LogP contribution in [0.5, 0.6) is 0 Å². The van der Waals surface area contributed by atoms with Crippen molar-refractivity contribution >= 4 is 42.1 Å². The Kier molecular flexibility index (Phi) is 8.66. The molecule has 1 aromatic heterocycles. The Labute approximate surface area is 137 Å². The Morgan fingerprint density at radius 2 is 2.00 bits per heavy atom. The highest BCUT2D eigenvalue weighted by Crippen LogP contribution is 2.21. The molecule has 0 bridgehead atoms. The lowest BCUT2D eigenvalue weighted by Gasteiger charge is -2.31. The van der Waals surface area contributed by atoms with Gasteiger partial charge >= 0.3 is 0 Å². The molecule has 0 atom stereocenters. The van der Waals surface area contributed by atoms with Gasteiger partial charge in [0.1, 0.15) is 5.69 Å². The molecule has 0 aromatic carbocycles. The molecule has 20 heavy (non-hydrogen) atoms. The number of halogens is 2. The van der Waals surface area contributed by atoms with Gasteiger partial charge in [0, 0.05) is 30.4 Å². The number of amides is 1. The van der Waals surface area contributed by atoms with Crippen LogP contribution in [0.4, 0.5) is 0 Å². The van der Waals surface area contributed by atoms with Crippen molar-refractivity contribution in [3.05, 3.63) is 16.1 Å². The first-order valence-electron chi connectivity index (χ1n) is 6.53. The van der Waals surface area contributed by atoms with Crippen molar-refractivity contribution < 1.29 is 4.79 Å². The Balaban J connectivity index is 0.00000180. The maximum Gasteiger partial charge on any atom is 0.273 e. The number of thiazole rings is 1. The first kappa shape index (κ1) is 19.6.